The first-order valence-corrected chi connectivity index (χ1v) is 13.0. The van der Waals surface area contributed by atoms with E-state index >= 15 is 0 Å². The van der Waals surface area contributed by atoms with Crippen molar-refractivity contribution in [1.82, 2.24) is 10.2 Å². The number of methoxy groups -OCH3 is 1. The maximum absolute atomic E-state index is 13.1. The molecule has 0 aliphatic carbocycles. The summed E-state index contributed by atoms with van der Waals surface area (Å²) >= 11 is 0. The minimum absolute atomic E-state index is 0.0365. The Bertz CT molecular complexity index is 1260. The number of nitrogens with zero attached hydrogens (tertiary/aromatic N) is 1. The second-order valence-corrected chi connectivity index (χ2v) is 9.97. The van der Waals surface area contributed by atoms with Gasteiger partial charge in [0, 0.05) is 30.9 Å². The molecule has 4 rings (SSSR count). The molecule has 0 radical (unpaired) electrons. The Labute approximate surface area is 210 Å². The van der Waals surface area contributed by atoms with Gasteiger partial charge in [0.2, 0.25) is 0 Å². The summed E-state index contributed by atoms with van der Waals surface area (Å²) in [6.45, 7) is 3.18. The van der Waals surface area contributed by atoms with Crippen molar-refractivity contribution in [1.29, 1.82) is 0 Å². The summed E-state index contributed by atoms with van der Waals surface area (Å²) in [5, 5.41) is 3.00. The number of carbonyl (C=O) groups excluding carboxylic acids is 1. The Morgan fingerprint density at radius 1 is 1.00 bits per heavy atom. The normalized spacial score (nSPS) is 15.2. The van der Waals surface area contributed by atoms with Gasteiger partial charge in [-0.2, -0.15) is 0 Å². The second kappa shape index (κ2) is 11.5. The van der Waals surface area contributed by atoms with E-state index in [4.69, 9.17) is 9.47 Å². The fraction of sp³-hybridized carbons (Fsp3) is 0.269. The molecule has 1 atom stereocenters. The van der Waals surface area contributed by atoms with E-state index in [1.165, 1.54) is 24.3 Å². The van der Waals surface area contributed by atoms with Gasteiger partial charge in [0.15, 0.2) is 0 Å². The second-order valence-electron chi connectivity index (χ2n) is 8.28. The molecule has 0 aromatic heterocycles. The van der Waals surface area contributed by atoms with Gasteiger partial charge in [0.05, 0.1) is 31.3 Å². The molecule has 2 N–H and O–H groups in total. The third kappa shape index (κ3) is 6.39. The zero-order valence-electron chi connectivity index (χ0n) is 19.8. The minimum Gasteiger partial charge on any atom is -0.497 e. The van der Waals surface area contributed by atoms with Gasteiger partial charge >= 0.3 is 0 Å². The summed E-state index contributed by atoms with van der Waals surface area (Å²) in [6, 6.07) is 18.4. The lowest BCUT2D eigenvalue weighted by molar-refractivity contribution is 0.0162. The first-order valence-electron chi connectivity index (χ1n) is 11.5. The van der Waals surface area contributed by atoms with E-state index in [1.54, 1.807) is 19.2 Å². The van der Waals surface area contributed by atoms with Crippen LogP contribution in [-0.4, -0.2) is 59.2 Å². The molecule has 1 saturated heterocycles. The van der Waals surface area contributed by atoms with Crippen molar-refractivity contribution >= 4 is 21.6 Å². The number of amides is 1. The molecule has 1 heterocycles. The summed E-state index contributed by atoms with van der Waals surface area (Å²) in [7, 11) is -2.26. The van der Waals surface area contributed by atoms with Gasteiger partial charge in [-0.25, -0.2) is 12.8 Å². The van der Waals surface area contributed by atoms with Crippen LogP contribution >= 0.6 is 0 Å². The Hall–Kier alpha value is -3.47. The van der Waals surface area contributed by atoms with E-state index in [0.717, 1.165) is 36.5 Å². The zero-order valence-corrected chi connectivity index (χ0v) is 20.6. The first kappa shape index (κ1) is 25.6. The summed E-state index contributed by atoms with van der Waals surface area (Å²) < 4.78 is 51.3. The molecule has 0 unspecified atom stereocenters. The fourth-order valence-electron chi connectivity index (χ4n) is 3.98. The maximum Gasteiger partial charge on any atom is 0.261 e. The van der Waals surface area contributed by atoms with Crippen LogP contribution < -0.4 is 14.8 Å². The Morgan fingerprint density at radius 3 is 2.25 bits per heavy atom. The predicted octanol–water partition coefficient (Wildman–Crippen LogP) is 3.44. The van der Waals surface area contributed by atoms with Gasteiger partial charge in [-0.05, 0) is 66.2 Å². The Balaban J connectivity index is 1.41. The Morgan fingerprint density at radius 2 is 1.64 bits per heavy atom. The van der Waals surface area contributed by atoms with Gasteiger partial charge in [-0.15, -0.1) is 0 Å². The minimum atomic E-state index is -3.87. The SMILES string of the molecule is COc1ccc([C@@H](CNC(=O)c2ccc(NS(=O)(=O)c3ccc(F)cc3)cc2)N2CCOCC2)cc1. The topological polar surface area (TPSA) is 97.0 Å². The largest absolute Gasteiger partial charge is 0.497 e. The van der Waals surface area contributed by atoms with Gasteiger partial charge in [-0.1, -0.05) is 12.1 Å². The van der Waals surface area contributed by atoms with Crippen LogP contribution in [0.15, 0.2) is 77.7 Å². The number of hydrogen-bond donors (Lipinski definition) is 2. The highest BCUT2D eigenvalue weighted by atomic mass is 32.2. The van der Waals surface area contributed by atoms with Gasteiger partial charge in [-0.3, -0.25) is 14.4 Å². The smallest absolute Gasteiger partial charge is 0.261 e. The molecule has 1 aliphatic rings. The number of carbonyl (C=O) groups is 1. The summed E-state index contributed by atoms with van der Waals surface area (Å²) in [5.41, 5.74) is 1.75. The Kier molecular flexibility index (Phi) is 8.19. The maximum atomic E-state index is 13.1. The highest BCUT2D eigenvalue weighted by molar-refractivity contribution is 7.92. The molecular weight excluding hydrogens is 485 g/mol. The highest BCUT2D eigenvalue weighted by Crippen LogP contribution is 2.24. The van der Waals surface area contributed by atoms with Crippen molar-refractivity contribution in [3.8, 4) is 5.75 Å². The van der Waals surface area contributed by atoms with Crippen LogP contribution in [0.1, 0.15) is 22.0 Å². The number of nitrogens with one attached hydrogen (secondary N) is 2. The number of halogens is 1. The van der Waals surface area contributed by atoms with Crippen LogP contribution in [0.2, 0.25) is 0 Å². The van der Waals surface area contributed by atoms with E-state index in [-0.39, 0.29) is 16.8 Å². The number of hydrogen-bond acceptors (Lipinski definition) is 6. The first-order chi connectivity index (χ1) is 17.4. The molecule has 0 bridgehead atoms. The van der Waals surface area contributed by atoms with Gasteiger partial charge in [0.1, 0.15) is 11.6 Å². The monoisotopic (exact) mass is 513 g/mol. The predicted molar refractivity (Wildman–Crippen MR) is 134 cm³/mol. The molecular formula is C26H28FN3O5S. The van der Waals surface area contributed by atoms with Crippen molar-refractivity contribution in [2.75, 3.05) is 44.7 Å². The van der Waals surface area contributed by atoms with E-state index < -0.39 is 15.8 Å². The third-order valence-corrected chi connectivity index (χ3v) is 7.36. The highest BCUT2D eigenvalue weighted by Gasteiger charge is 2.23. The number of ether oxygens (including phenoxy) is 2. The fourth-order valence-corrected chi connectivity index (χ4v) is 5.04. The number of benzene rings is 3. The molecule has 3 aromatic rings. The van der Waals surface area contributed by atoms with Crippen molar-refractivity contribution < 1.29 is 27.1 Å². The van der Waals surface area contributed by atoms with E-state index in [2.05, 4.69) is 14.9 Å². The lowest BCUT2D eigenvalue weighted by Crippen LogP contribution is -2.43. The summed E-state index contributed by atoms with van der Waals surface area (Å²) in [4.78, 5) is 15.1. The van der Waals surface area contributed by atoms with Crippen molar-refractivity contribution in [2.24, 2.45) is 0 Å². The molecule has 1 aliphatic heterocycles. The van der Waals surface area contributed by atoms with Crippen LogP contribution in [0.5, 0.6) is 5.75 Å². The molecule has 36 heavy (non-hydrogen) atoms. The zero-order chi connectivity index (χ0) is 25.5. The van der Waals surface area contributed by atoms with E-state index in [1.807, 2.05) is 24.3 Å². The van der Waals surface area contributed by atoms with E-state index in [0.29, 0.717) is 31.0 Å². The standard InChI is InChI=1S/C26H28FN3O5S/c1-34-23-10-4-19(5-11-23)25(30-14-16-35-17-15-30)18-28-26(31)20-2-8-22(9-3-20)29-36(32,33)24-12-6-21(27)7-13-24/h2-13,25,29H,14-18H2,1H3,(H,28,31)/t25-/m1/s1. The van der Waals surface area contributed by atoms with Crippen LogP contribution in [-0.2, 0) is 14.8 Å². The number of morpholine rings is 1. The average molecular weight is 514 g/mol. The van der Waals surface area contributed by atoms with Crippen molar-refractivity contribution in [3.63, 3.8) is 0 Å². The molecule has 3 aromatic carbocycles. The summed E-state index contributed by atoms with van der Waals surface area (Å²) in [5.74, 6) is -0.0273. The van der Waals surface area contributed by atoms with E-state index in [9.17, 15) is 17.6 Å². The average Bonchev–Trinajstić information content (AvgIpc) is 2.90. The number of rotatable bonds is 9. The number of anilines is 1. The molecule has 1 fully saturated rings. The van der Waals surface area contributed by atoms with Crippen LogP contribution in [0, 0.1) is 5.82 Å². The molecule has 10 heteroatoms. The third-order valence-electron chi connectivity index (χ3n) is 5.97. The lowest BCUT2D eigenvalue weighted by atomic mass is 10.0. The lowest BCUT2D eigenvalue weighted by Gasteiger charge is -2.35. The molecule has 190 valence electrons. The molecule has 1 amide bonds. The molecule has 8 nitrogen and oxygen atoms in total. The van der Waals surface area contributed by atoms with Crippen LogP contribution in [0.25, 0.3) is 0 Å². The molecule has 0 spiro atoms. The van der Waals surface area contributed by atoms with Crippen molar-refractivity contribution in [3.05, 3.63) is 89.7 Å². The van der Waals surface area contributed by atoms with Gasteiger partial charge in [0.25, 0.3) is 15.9 Å². The number of sulfonamides is 1. The van der Waals surface area contributed by atoms with Gasteiger partial charge < -0.3 is 14.8 Å². The van der Waals surface area contributed by atoms with Crippen molar-refractivity contribution in [2.45, 2.75) is 10.9 Å². The molecule has 0 saturated carbocycles. The van der Waals surface area contributed by atoms with Crippen LogP contribution in [0.4, 0.5) is 10.1 Å². The quantitative estimate of drug-likeness (QED) is 0.455. The summed E-state index contributed by atoms with van der Waals surface area (Å²) in [6.07, 6.45) is 0. The van der Waals surface area contributed by atoms with Crippen LogP contribution in [0.3, 0.4) is 0 Å².